The Morgan fingerprint density at radius 1 is 1.00 bits per heavy atom. The lowest BCUT2D eigenvalue weighted by Crippen LogP contribution is -2.52. The van der Waals surface area contributed by atoms with Crippen molar-refractivity contribution >= 4 is 21.8 Å². The van der Waals surface area contributed by atoms with Gasteiger partial charge in [-0.15, -0.1) is 0 Å². The van der Waals surface area contributed by atoms with Crippen LogP contribution in [-0.2, 0) is 19.6 Å². The molecule has 3 fully saturated rings. The molecule has 7 nitrogen and oxygen atoms in total. The van der Waals surface area contributed by atoms with Crippen LogP contribution in [0.4, 0.5) is 13.2 Å². The van der Waals surface area contributed by atoms with Gasteiger partial charge >= 0.3 is 0 Å². The maximum atomic E-state index is 13.9. The standard InChI is InChI=1S/C18H20F3N3O4S/c19-13-3-4-14(17(21)16(13)20)29(27,28)23-7-5-22(6-8-23)18(26)11-9-15(25)24(10-11)12-1-2-12/h3-4,11-12H,1-2,5-10H2. The highest BCUT2D eigenvalue weighted by atomic mass is 32.2. The predicted octanol–water partition coefficient (Wildman–Crippen LogP) is 0.948. The molecule has 0 spiro atoms. The number of rotatable bonds is 4. The number of hydrogen-bond acceptors (Lipinski definition) is 4. The molecule has 1 unspecified atom stereocenters. The maximum absolute atomic E-state index is 13.9. The van der Waals surface area contributed by atoms with Gasteiger partial charge in [0.25, 0.3) is 0 Å². The van der Waals surface area contributed by atoms with Crippen molar-refractivity contribution in [2.24, 2.45) is 5.92 Å². The highest BCUT2D eigenvalue weighted by Gasteiger charge is 2.43. The fourth-order valence-corrected chi connectivity index (χ4v) is 5.37. The van der Waals surface area contributed by atoms with Gasteiger partial charge in [-0.05, 0) is 25.0 Å². The number of carbonyl (C=O) groups is 2. The van der Waals surface area contributed by atoms with E-state index in [4.69, 9.17) is 0 Å². The molecule has 11 heteroatoms. The summed E-state index contributed by atoms with van der Waals surface area (Å²) in [5.74, 6) is -5.73. The lowest BCUT2D eigenvalue weighted by molar-refractivity contribution is -0.137. The molecular formula is C18H20F3N3O4S. The SMILES string of the molecule is O=C(C1CC(=O)N(C2CC2)C1)N1CCN(S(=O)(=O)c2ccc(F)c(F)c2F)CC1. The average Bonchev–Trinajstić information content (AvgIpc) is 3.47. The monoisotopic (exact) mass is 431 g/mol. The molecule has 158 valence electrons. The van der Waals surface area contributed by atoms with Crippen molar-refractivity contribution in [3.05, 3.63) is 29.6 Å². The molecular weight excluding hydrogens is 411 g/mol. The van der Waals surface area contributed by atoms with Crippen LogP contribution >= 0.6 is 0 Å². The molecule has 1 aliphatic carbocycles. The molecule has 3 aliphatic rings. The number of hydrogen-bond donors (Lipinski definition) is 0. The number of halogens is 3. The summed E-state index contributed by atoms with van der Waals surface area (Å²) in [6, 6.07) is 1.50. The molecule has 2 saturated heterocycles. The molecule has 2 heterocycles. The molecule has 2 aliphatic heterocycles. The molecule has 29 heavy (non-hydrogen) atoms. The first kappa shape index (κ1) is 20.1. The van der Waals surface area contributed by atoms with Crippen LogP contribution < -0.4 is 0 Å². The predicted molar refractivity (Wildman–Crippen MR) is 94.5 cm³/mol. The third-order valence-electron chi connectivity index (χ3n) is 5.66. The molecule has 1 aromatic carbocycles. The normalized spacial score (nSPS) is 23.7. The number of carbonyl (C=O) groups excluding carboxylic acids is 2. The summed E-state index contributed by atoms with van der Waals surface area (Å²) in [6.07, 6.45) is 2.08. The molecule has 0 N–H and O–H groups in total. The van der Waals surface area contributed by atoms with E-state index in [1.807, 2.05) is 0 Å². The Labute approximate surface area is 166 Å². The van der Waals surface area contributed by atoms with Crippen LogP contribution in [0.2, 0.25) is 0 Å². The molecule has 4 rings (SSSR count). The second-order valence-electron chi connectivity index (χ2n) is 7.58. The van der Waals surface area contributed by atoms with E-state index >= 15 is 0 Å². The topological polar surface area (TPSA) is 78.0 Å². The molecule has 1 aromatic rings. The summed E-state index contributed by atoms with van der Waals surface area (Å²) >= 11 is 0. The largest absolute Gasteiger partial charge is 0.340 e. The van der Waals surface area contributed by atoms with E-state index in [0.717, 1.165) is 17.1 Å². The lowest BCUT2D eigenvalue weighted by Gasteiger charge is -2.35. The zero-order chi connectivity index (χ0) is 20.9. The zero-order valence-electron chi connectivity index (χ0n) is 15.5. The van der Waals surface area contributed by atoms with Gasteiger partial charge in [-0.3, -0.25) is 9.59 Å². The van der Waals surface area contributed by atoms with Crippen LogP contribution in [0.25, 0.3) is 0 Å². The van der Waals surface area contributed by atoms with Gasteiger partial charge in [-0.25, -0.2) is 21.6 Å². The van der Waals surface area contributed by atoms with E-state index in [2.05, 4.69) is 0 Å². The van der Waals surface area contributed by atoms with Crippen molar-refractivity contribution in [3.8, 4) is 0 Å². The summed E-state index contributed by atoms with van der Waals surface area (Å²) in [4.78, 5) is 27.1. The fourth-order valence-electron chi connectivity index (χ4n) is 3.89. The van der Waals surface area contributed by atoms with Gasteiger partial charge in [0.15, 0.2) is 17.5 Å². The number of benzene rings is 1. The fraction of sp³-hybridized carbons (Fsp3) is 0.556. The van der Waals surface area contributed by atoms with Gasteiger partial charge in [0.2, 0.25) is 21.8 Å². The van der Waals surface area contributed by atoms with Gasteiger partial charge in [0.1, 0.15) is 4.90 Å². The number of sulfonamides is 1. The van der Waals surface area contributed by atoms with Crippen LogP contribution in [0.1, 0.15) is 19.3 Å². The average molecular weight is 431 g/mol. The molecule has 0 aromatic heterocycles. The molecule has 2 amide bonds. The van der Waals surface area contributed by atoms with E-state index in [1.54, 1.807) is 4.90 Å². The smallest absolute Gasteiger partial charge is 0.246 e. The van der Waals surface area contributed by atoms with Crippen molar-refractivity contribution < 1.29 is 31.2 Å². The second-order valence-corrected chi connectivity index (χ2v) is 9.49. The molecule has 0 radical (unpaired) electrons. The zero-order valence-corrected chi connectivity index (χ0v) is 16.3. The van der Waals surface area contributed by atoms with Gasteiger partial charge in [0.05, 0.1) is 5.92 Å². The van der Waals surface area contributed by atoms with E-state index < -0.39 is 38.3 Å². The first-order chi connectivity index (χ1) is 13.7. The Balaban J connectivity index is 1.41. The first-order valence-corrected chi connectivity index (χ1v) is 10.9. The minimum absolute atomic E-state index is 0.0270. The van der Waals surface area contributed by atoms with Crippen LogP contribution in [0.3, 0.4) is 0 Å². The van der Waals surface area contributed by atoms with Crippen LogP contribution in [-0.4, -0.2) is 73.1 Å². The minimum atomic E-state index is -4.37. The summed E-state index contributed by atoms with van der Waals surface area (Å²) < 4.78 is 66.6. The van der Waals surface area contributed by atoms with Crippen LogP contribution in [0.15, 0.2) is 17.0 Å². The Bertz CT molecular complexity index is 959. The van der Waals surface area contributed by atoms with Crippen LogP contribution in [0.5, 0.6) is 0 Å². The summed E-state index contributed by atoms with van der Waals surface area (Å²) in [5.41, 5.74) is 0. The molecule has 1 saturated carbocycles. The summed E-state index contributed by atoms with van der Waals surface area (Å²) in [5, 5.41) is 0. The lowest BCUT2D eigenvalue weighted by atomic mass is 10.1. The Hall–Kier alpha value is -2.14. The third-order valence-corrected chi connectivity index (χ3v) is 7.58. The minimum Gasteiger partial charge on any atom is -0.340 e. The summed E-state index contributed by atoms with van der Waals surface area (Å²) in [6.45, 7) is 0.356. The Kier molecular flexibility index (Phi) is 5.06. The van der Waals surface area contributed by atoms with Crippen molar-refractivity contribution in [3.63, 3.8) is 0 Å². The summed E-state index contributed by atoms with van der Waals surface area (Å²) in [7, 11) is -4.37. The van der Waals surface area contributed by atoms with Gasteiger partial charge in [-0.1, -0.05) is 0 Å². The number of nitrogens with zero attached hydrogens (tertiary/aromatic N) is 3. The first-order valence-electron chi connectivity index (χ1n) is 9.42. The van der Waals surface area contributed by atoms with Gasteiger partial charge in [-0.2, -0.15) is 4.31 Å². The van der Waals surface area contributed by atoms with Crippen molar-refractivity contribution in [2.75, 3.05) is 32.7 Å². The number of likely N-dealkylation sites (tertiary alicyclic amines) is 1. The van der Waals surface area contributed by atoms with Crippen molar-refractivity contribution in [2.45, 2.75) is 30.2 Å². The van der Waals surface area contributed by atoms with E-state index in [1.165, 1.54) is 4.90 Å². The third kappa shape index (κ3) is 3.61. The quantitative estimate of drug-likeness (QED) is 0.665. The second kappa shape index (κ2) is 7.28. The molecule has 1 atom stereocenters. The van der Waals surface area contributed by atoms with E-state index in [0.29, 0.717) is 18.7 Å². The van der Waals surface area contributed by atoms with Crippen molar-refractivity contribution in [1.82, 2.24) is 14.1 Å². The van der Waals surface area contributed by atoms with Gasteiger partial charge < -0.3 is 9.80 Å². The highest BCUT2D eigenvalue weighted by molar-refractivity contribution is 7.89. The van der Waals surface area contributed by atoms with E-state index in [9.17, 15) is 31.2 Å². The number of amides is 2. The van der Waals surface area contributed by atoms with E-state index in [-0.39, 0.29) is 50.5 Å². The van der Waals surface area contributed by atoms with Crippen molar-refractivity contribution in [1.29, 1.82) is 0 Å². The highest BCUT2D eigenvalue weighted by Crippen LogP contribution is 2.33. The molecule has 0 bridgehead atoms. The Morgan fingerprint density at radius 3 is 2.28 bits per heavy atom. The van der Waals surface area contributed by atoms with Gasteiger partial charge in [0, 0.05) is 45.2 Å². The maximum Gasteiger partial charge on any atom is 0.246 e. The number of piperazine rings is 1. The Morgan fingerprint density at radius 2 is 1.66 bits per heavy atom. The van der Waals surface area contributed by atoms with Crippen LogP contribution in [0, 0.1) is 23.4 Å².